The summed E-state index contributed by atoms with van der Waals surface area (Å²) in [6.07, 6.45) is 3.46. The molecule has 0 unspecified atom stereocenters. The van der Waals surface area contributed by atoms with Crippen LogP contribution in [-0.4, -0.2) is 36.0 Å². The van der Waals surface area contributed by atoms with Gasteiger partial charge in [-0.3, -0.25) is 0 Å². The van der Waals surface area contributed by atoms with Crippen LogP contribution in [0.2, 0.25) is 0 Å². The molecule has 0 aliphatic rings. The van der Waals surface area contributed by atoms with E-state index in [-0.39, 0.29) is 0 Å². The maximum atomic E-state index is 12.7. The number of aromatic nitrogens is 6. The molecule has 0 spiro atoms. The van der Waals surface area contributed by atoms with Crippen molar-refractivity contribution in [3.63, 3.8) is 0 Å². The van der Waals surface area contributed by atoms with Crippen LogP contribution >= 0.6 is 0 Å². The normalized spacial score (nSPS) is 10.7. The maximum absolute atomic E-state index is 12.7. The van der Waals surface area contributed by atoms with Crippen molar-refractivity contribution in [3.05, 3.63) is 84.3 Å². The SMILES string of the molecule is O=C(n1ccnn1)n1nnc(-c2ccccc2)c1Cc1ccccc1. The summed E-state index contributed by atoms with van der Waals surface area (Å²) in [5.74, 6) is 0. The minimum absolute atomic E-state index is 0.418. The Kier molecular flexibility index (Phi) is 3.88. The molecule has 25 heavy (non-hydrogen) atoms. The summed E-state index contributed by atoms with van der Waals surface area (Å²) in [5.41, 5.74) is 3.36. The zero-order valence-electron chi connectivity index (χ0n) is 13.2. The van der Waals surface area contributed by atoms with Crippen molar-refractivity contribution in [2.24, 2.45) is 0 Å². The molecule has 0 radical (unpaired) electrons. The Morgan fingerprint density at radius 2 is 1.64 bits per heavy atom. The molecule has 7 heteroatoms. The molecule has 4 rings (SSSR count). The quantitative estimate of drug-likeness (QED) is 0.577. The number of nitrogens with zero attached hydrogens (tertiary/aromatic N) is 6. The predicted octanol–water partition coefficient (Wildman–Crippen LogP) is 2.64. The summed E-state index contributed by atoms with van der Waals surface area (Å²) >= 11 is 0. The van der Waals surface area contributed by atoms with Crippen molar-refractivity contribution in [2.75, 3.05) is 0 Å². The highest BCUT2D eigenvalue weighted by molar-refractivity contribution is 5.79. The van der Waals surface area contributed by atoms with Crippen LogP contribution in [0.1, 0.15) is 11.3 Å². The fourth-order valence-electron chi connectivity index (χ4n) is 2.63. The molecule has 0 saturated heterocycles. The molecular weight excluding hydrogens is 316 g/mol. The van der Waals surface area contributed by atoms with Gasteiger partial charge in [0.1, 0.15) is 5.69 Å². The minimum atomic E-state index is -0.418. The standard InChI is InChI=1S/C18H14N6O/c25-18(23-12-11-19-21-23)24-16(13-14-7-3-1-4-8-14)17(20-22-24)15-9-5-2-6-10-15/h1-12H,13H2. The summed E-state index contributed by atoms with van der Waals surface area (Å²) in [6, 6.07) is 19.2. The molecule has 7 nitrogen and oxygen atoms in total. The lowest BCUT2D eigenvalue weighted by molar-refractivity contribution is 0.236. The monoisotopic (exact) mass is 330 g/mol. The van der Waals surface area contributed by atoms with Gasteiger partial charge in [-0.2, -0.15) is 9.36 Å². The van der Waals surface area contributed by atoms with Crippen molar-refractivity contribution < 1.29 is 4.79 Å². The largest absolute Gasteiger partial charge is 0.372 e. The molecular formula is C18H14N6O. The van der Waals surface area contributed by atoms with E-state index in [9.17, 15) is 4.79 Å². The van der Waals surface area contributed by atoms with Gasteiger partial charge in [0.05, 0.1) is 18.1 Å². The van der Waals surface area contributed by atoms with E-state index in [1.54, 1.807) is 0 Å². The van der Waals surface area contributed by atoms with Crippen molar-refractivity contribution in [1.82, 2.24) is 30.0 Å². The zero-order valence-corrected chi connectivity index (χ0v) is 13.2. The first-order valence-corrected chi connectivity index (χ1v) is 7.78. The first-order chi connectivity index (χ1) is 12.3. The molecule has 2 aromatic carbocycles. The Morgan fingerprint density at radius 1 is 0.920 bits per heavy atom. The highest BCUT2D eigenvalue weighted by atomic mass is 16.2. The predicted molar refractivity (Wildman–Crippen MR) is 90.9 cm³/mol. The number of rotatable bonds is 3. The number of hydrogen-bond donors (Lipinski definition) is 0. The highest BCUT2D eigenvalue weighted by Gasteiger charge is 2.21. The molecule has 2 heterocycles. The fourth-order valence-corrected chi connectivity index (χ4v) is 2.63. The van der Waals surface area contributed by atoms with Crippen molar-refractivity contribution in [2.45, 2.75) is 6.42 Å². The molecule has 0 N–H and O–H groups in total. The average molecular weight is 330 g/mol. The molecule has 0 atom stereocenters. The summed E-state index contributed by atoms with van der Waals surface area (Å²) in [4.78, 5) is 12.7. The van der Waals surface area contributed by atoms with Crippen LogP contribution in [0.25, 0.3) is 11.3 Å². The van der Waals surface area contributed by atoms with E-state index in [0.717, 1.165) is 15.8 Å². The molecule has 0 aliphatic heterocycles. The van der Waals surface area contributed by atoms with E-state index in [1.165, 1.54) is 17.1 Å². The van der Waals surface area contributed by atoms with E-state index in [0.29, 0.717) is 17.8 Å². The Labute approximate surface area is 143 Å². The van der Waals surface area contributed by atoms with Crippen LogP contribution in [0.4, 0.5) is 4.79 Å². The van der Waals surface area contributed by atoms with Gasteiger partial charge < -0.3 is 0 Å². The van der Waals surface area contributed by atoms with Gasteiger partial charge in [0.15, 0.2) is 0 Å². The van der Waals surface area contributed by atoms with Crippen LogP contribution in [-0.2, 0) is 6.42 Å². The lowest BCUT2D eigenvalue weighted by atomic mass is 10.0. The molecule has 122 valence electrons. The van der Waals surface area contributed by atoms with Crippen LogP contribution in [0, 0.1) is 0 Å². The van der Waals surface area contributed by atoms with Gasteiger partial charge in [0.25, 0.3) is 0 Å². The Morgan fingerprint density at radius 3 is 2.32 bits per heavy atom. The van der Waals surface area contributed by atoms with Crippen LogP contribution < -0.4 is 0 Å². The summed E-state index contributed by atoms with van der Waals surface area (Å²) < 4.78 is 2.42. The van der Waals surface area contributed by atoms with Crippen LogP contribution in [0.5, 0.6) is 0 Å². The third-order valence-electron chi connectivity index (χ3n) is 3.82. The van der Waals surface area contributed by atoms with Gasteiger partial charge in [-0.15, -0.1) is 10.2 Å². The van der Waals surface area contributed by atoms with E-state index in [4.69, 9.17) is 0 Å². The topological polar surface area (TPSA) is 78.5 Å². The minimum Gasteiger partial charge on any atom is -0.243 e. The van der Waals surface area contributed by atoms with Gasteiger partial charge in [0.2, 0.25) is 0 Å². The second-order valence-corrected chi connectivity index (χ2v) is 5.46. The molecule has 0 bridgehead atoms. The van der Waals surface area contributed by atoms with E-state index >= 15 is 0 Å². The number of carbonyl (C=O) groups is 1. The second-order valence-electron chi connectivity index (χ2n) is 5.46. The number of benzene rings is 2. The van der Waals surface area contributed by atoms with E-state index < -0.39 is 6.03 Å². The second kappa shape index (κ2) is 6.48. The number of carbonyl (C=O) groups excluding carboxylic acids is 1. The fraction of sp³-hybridized carbons (Fsp3) is 0.0556. The summed E-state index contributed by atoms with van der Waals surface area (Å²) in [6.45, 7) is 0. The Balaban J connectivity index is 1.82. The van der Waals surface area contributed by atoms with Crippen molar-refractivity contribution >= 4 is 6.03 Å². The van der Waals surface area contributed by atoms with Gasteiger partial charge >= 0.3 is 6.03 Å². The first-order valence-electron chi connectivity index (χ1n) is 7.78. The van der Waals surface area contributed by atoms with Crippen LogP contribution in [0.15, 0.2) is 73.1 Å². The van der Waals surface area contributed by atoms with Gasteiger partial charge in [0, 0.05) is 12.0 Å². The summed E-state index contributed by atoms with van der Waals surface area (Å²) in [5, 5.41) is 15.7. The van der Waals surface area contributed by atoms with Gasteiger partial charge in [-0.25, -0.2) is 4.79 Å². The Bertz CT molecular complexity index is 977. The van der Waals surface area contributed by atoms with Crippen molar-refractivity contribution in [1.29, 1.82) is 0 Å². The van der Waals surface area contributed by atoms with E-state index in [1.807, 2.05) is 60.7 Å². The van der Waals surface area contributed by atoms with Crippen LogP contribution in [0.3, 0.4) is 0 Å². The third kappa shape index (κ3) is 2.94. The zero-order chi connectivity index (χ0) is 17.1. The highest BCUT2D eigenvalue weighted by Crippen LogP contribution is 2.23. The van der Waals surface area contributed by atoms with Crippen molar-refractivity contribution in [3.8, 4) is 11.3 Å². The molecule has 0 aliphatic carbocycles. The summed E-state index contributed by atoms with van der Waals surface area (Å²) in [7, 11) is 0. The number of hydrogen-bond acceptors (Lipinski definition) is 5. The molecule has 0 amide bonds. The van der Waals surface area contributed by atoms with Gasteiger partial charge in [-0.05, 0) is 5.56 Å². The Hall–Kier alpha value is -3.61. The van der Waals surface area contributed by atoms with Gasteiger partial charge in [-0.1, -0.05) is 71.1 Å². The lowest BCUT2D eigenvalue weighted by Gasteiger charge is -2.07. The first kappa shape index (κ1) is 14.9. The van der Waals surface area contributed by atoms with E-state index in [2.05, 4.69) is 20.6 Å². The maximum Gasteiger partial charge on any atom is 0.372 e. The smallest absolute Gasteiger partial charge is 0.243 e. The lowest BCUT2D eigenvalue weighted by Crippen LogP contribution is -2.23. The third-order valence-corrected chi connectivity index (χ3v) is 3.82. The average Bonchev–Trinajstić information content (AvgIpc) is 3.33. The molecule has 2 aromatic heterocycles. The molecule has 0 saturated carbocycles. The molecule has 0 fully saturated rings. The molecule has 4 aromatic rings.